The fourth-order valence-corrected chi connectivity index (χ4v) is 3.80. The van der Waals surface area contributed by atoms with Crippen LogP contribution in [0, 0.1) is 11.8 Å². The quantitative estimate of drug-likeness (QED) is 0.729. The van der Waals surface area contributed by atoms with Gasteiger partial charge in [-0.05, 0) is 24.7 Å². The maximum Gasteiger partial charge on any atom is 0.214 e. The van der Waals surface area contributed by atoms with Crippen molar-refractivity contribution >= 4 is 10.0 Å². The van der Waals surface area contributed by atoms with Gasteiger partial charge in [-0.15, -0.1) is 0 Å². The van der Waals surface area contributed by atoms with Crippen LogP contribution in [-0.2, 0) is 10.0 Å². The first-order valence-electron chi connectivity index (χ1n) is 5.15. The fraction of sp³-hybridized carbons (Fsp3) is 1.00. The molecule has 14 heavy (non-hydrogen) atoms. The van der Waals surface area contributed by atoms with E-state index in [2.05, 4.69) is 0 Å². The van der Waals surface area contributed by atoms with E-state index in [1.54, 1.807) is 0 Å². The van der Waals surface area contributed by atoms with Crippen molar-refractivity contribution in [2.75, 3.05) is 18.8 Å². The second-order valence-corrected chi connectivity index (χ2v) is 6.60. The summed E-state index contributed by atoms with van der Waals surface area (Å²) in [5, 5.41) is 9.48. The number of hydrogen-bond acceptors (Lipinski definition) is 3. The van der Waals surface area contributed by atoms with E-state index in [0.29, 0.717) is 12.5 Å². The highest BCUT2D eigenvalue weighted by Crippen LogP contribution is 2.32. The summed E-state index contributed by atoms with van der Waals surface area (Å²) in [6.07, 6.45) is 1.61. The van der Waals surface area contributed by atoms with Gasteiger partial charge in [-0.25, -0.2) is 8.42 Å². The van der Waals surface area contributed by atoms with E-state index >= 15 is 0 Å². The minimum absolute atomic E-state index is 0.0731. The van der Waals surface area contributed by atoms with Gasteiger partial charge in [0.05, 0.1) is 11.9 Å². The van der Waals surface area contributed by atoms with E-state index in [0.717, 1.165) is 12.8 Å². The van der Waals surface area contributed by atoms with Crippen LogP contribution < -0.4 is 0 Å². The van der Waals surface area contributed by atoms with Crippen LogP contribution in [0.15, 0.2) is 0 Å². The van der Waals surface area contributed by atoms with E-state index in [4.69, 9.17) is 0 Å². The normalized spacial score (nSPS) is 35.0. The second kappa shape index (κ2) is 3.47. The van der Waals surface area contributed by atoms with Crippen molar-refractivity contribution in [1.82, 2.24) is 4.31 Å². The van der Waals surface area contributed by atoms with Gasteiger partial charge in [0.1, 0.15) is 0 Å². The lowest BCUT2D eigenvalue weighted by molar-refractivity contribution is 0.153. The summed E-state index contributed by atoms with van der Waals surface area (Å²) in [6.45, 7) is 2.66. The molecular weight excluding hydrogens is 202 g/mol. The number of sulfonamides is 1. The number of rotatable bonds is 3. The summed E-state index contributed by atoms with van der Waals surface area (Å²) in [5.74, 6) is 0.740. The van der Waals surface area contributed by atoms with Gasteiger partial charge in [0.15, 0.2) is 0 Å². The zero-order chi connectivity index (χ0) is 10.3. The zero-order valence-electron chi connectivity index (χ0n) is 8.39. The molecule has 0 radical (unpaired) electrons. The van der Waals surface area contributed by atoms with Crippen LogP contribution in [0.4, 0.5) is 0 Å². The molecule has 0 aromatic rings. The Balaban J connectivity index is 2.00. The third-order valence-electron chi connectivity index (χ3n) is 3.08. The molecule has 82 valence electrons. The minimum Gasteiger partial charge on any atom is -0.391 e. The Kier molecular flexibility index (Phi) is 2.57. The number of aliphatic hydroxyl groups is 1. The average Bonchev–Trinajstić information content (AvgIpc) is 2.79. The standard InChI is InChI=1S/C9H17NO3S/c1-7-4-10(5-9(7)11)14(12,13)6-8-2-3-8/h7-9,11H,2-6H2,1H3. The van der Waals surface area contributed by atoms with E-state index < -0.39 is 16.1 Å². The molecule has 2 aliphatic rings. The number of nitrogens with zero attached hydrogens (tertiary/aromatic N) is 1. The van der Waals surface area contributed by atoms with Crippen LogP contribution in [0.1, 0.15) is 19.8 Å². The Morgan fingerprint density at radius 1 is 1.36 bits per heavy atom. The SMILES string of the molecule is CC1CN(S(=O)(=O)CC2CC2)CC1O. The summed E-state index contributed by atoms with van der Waals surface area (Å²) in [4.78, 5) is 0. The molecule has 2 atom stereocenters. The van der Waals surface area contributed by atoms with E-state index in [-0.39, 0.29) is 18.2 Å². The van der Waals surface area contributed by atoms with Crippen molar-refractivity contribution < 1.29 is 13.5 Å². The van der Waals surface area contributed by atoms with Crippen LogP contribution in [0.2, 0.25) is 0 Å². The van der Waals surface area contributed by atoms with Crippen molar-refractivity contribution in [3.05, 3.63) is 0 Å². The highest BCUT2D eigenvalue weighted by molar-refractivity contribution is 7.89. The highest BCUT2D eigenvalue weighted by Gasteiger charge is 2.38. The van der Waals surface area contributed by atoms with Crippen molar-refractivity contribution in [2.24, 2.45) is 11.8 Å². The third-order valence-corrected chi connectivity index (χ3v) is 5.05. The molecule has 1 aliphatic carbocycles. The van der Waals surface area contributed by atoms with Gasteiger partial charge in [-0.1, -0.05) is 6.92 Å². The van der Waals surface area contributed by atoms with E-state index in [9.17, 15) is 13.5 Å². The summed E-state index contributed by atoms with van der Waals surface area (Å²) < 4.78 is 25.0. The molecule has 0 spiro atoms. The summed E-state index contributed by atoms with van der Waals surface area (Å²) in [6, 6.07) is 0. The molecule has 2 fully saturated rings. The number of β-amino-alcohol motifs (C(OH)–C–C–N with tert-alkyl or cyclic N) is 1. The minimum atomic E-state index is -3.09. The lowest BCUT2D eigenvalue weighted by Gasteiger charge is -2.15. The van der Waals surface area contributed by atoms with Crippen LogP contribution in [0.3, 0.4) is 0 Å². The Hall–Kier alpha value is -0.130. The molecule has 0 amide bonds. The largest absolute Gasteiger partial charge is 0.391 e. The molecular formula is C9H17NO3S. The predicted octanol–water partition coefficient (Wildman–Crippen LogP) is 0.0388. The van der Waals surface area contributed by atoms with Gasteiger partial charge >= 0.3 is 0 Å². The van der Waals surface area contributed by atoms with Crippen molar-refractivity contribution in [1.29, 1.82) is 0 Å². The number of aliphatic hydroxyl groups excluding tert-OH is 1. The molecule has 1 saturated carbocycles. The first kappa shape index (κ1) is 10.4. The maximum atomic E-state index is 11.8. The summed E-state index contributed by atoms with van der Waals surface area (Å²) in [7, 11) is -3.09. The Bertz CT molecular complexity index is 300. The molecule has 1 aliphatic heterocycles. The van der Waals surface area contributed by atoms with Crippen molar-refractivity contribution in [3.8, 4) is 0 Å². The summed E-state index contributed by atoms with van der Waals surface area (Å²) >= 11 is 0. The molecule has 2 rings (SSSR count). The van der Waals surface area contributed by atoms with Gasteiger partial charge in [0.25, 0.3) is 0 Å². The zero-order valence-corrected chi connectivity index (χ0v) is 9.20. The fourth-order valence-electron chi connectivity index (χ4n) is 1.82. The van der Waals surface area contributed by atoms with Gasteiger partial charge in [-0.3, -0.25) is 0 Å². The van der Waals surface area contributed by atoms with Crippen LogP contribution in [-0.4, -0.2) is 42.8 Å². The topological polar surface area (TPSA) is 57.6 Å². The van der Waals surface area contributed by atoms with Gasteiger partial charge in [0, 0.05) is 13.1 Å². The Morgan fingerprint density at radius 3 is 2.43 bits per heavy atom. The van der Waals surface area contributed by atoms with Gasteiger partial charge < -0.3 is 5.11 Å². The van der Waals surface area contributed by atoms with Gasteiger partial charge in [-0.2, -0.15) is 4.31 Å². The molecule has 0 bridgehead atoms. The van der Waals surface area contributed by atoms with E-state index in [1.807, 2.05) is 6.92 Å². The molecule has 0 aromatic heterocycles. The predicted molar refractivity (Wildman–Crippen MR) is 53.3 cm³/mol. The maximum absolute atomic E-state index is 11.8. The average molecular weight is 219 g/mol. The molecule has 1 heterocycles. The van der Waals surface area contributed by atoms with Crippen molar-refractivity contribution in [2.45, 2.75) is 25.9 Å². The molecule has 4 nitrogen and oxygen atoms in total. The lowest BCUT2D eigenvalue weighted by Crippen LogP contribution is -2.32. The Morgan fingerprint density at radius 2 is 2.00 bits per heavy atom. The monoisotopic (exact) mass is 219 g/mol. The van der Waals surface area contributed by atoms with Crippen LogP contribution in [0.5, 0.6) is 0 Å². The Labute approximate surface area is 85.0 Å². The molecule has 2 unspecified atom stereocenters. The van der Waals surface area contributed by atoms with Crippen LogP contribution >= 0.6 is 0 Å². The first-order chi connectivity index (χ1) is 6.49. The highest BCUT2D eigenvalue weighted by atomic mass is 32.2. The first-order valence-corrected chi connectivity index (χ1v) is 6.76. The second-order valence-electron chi connectivity index (χ2n) is 4.58. The van der Waals surface area contributed by atoms with Gasteiger partial charge in [0.2, 0.25) is 10.0 Å². The smallest absolute Gasteiger partial charge is 0.214 e. The summed E-state index contributed by atoms with van der Waals surface area (Å²) in [5.41, 5.74) is 0. The molecule has 0 aromatic carbocycles. The molecule has 5 heteroatoms. The molecule has 1 N–H and O–H groups in total. The lowest BCUT2D eigenvalue weighted by atomic mass is 10.1. The molecule has 1 saturated heterocycles. The number of hydrogen-bond donors (Lipinski definition) is 1. The van der Waals surface area contributed by atoms with E-state index in [1.165, 1.54) is 4.31 Å². The van der Waals surface area contributed by atoms with Crippen LogP contribution in [0.25, 0.3) is 0 Å². The third kappa shape index (κ3) is 2.10. The van der Waals surface area contributed by atoms with Crippen molar-refractivity contribution in [3.63, 3.8) is 0 Å².